The molecule has 5 aromatic rings. The van der Waals surface area contributed by atoms with Gasteiger partial charge in [0.15, 0.2) is 0 Å². The van der Waals surface area contributed by atoms with Crippen LogP contribution in [0.1, 0.15) is 15.9 Å². The van der Waals surface area contributed by atoms with Crippen LogP contribution in [0, 0.1) is 0 Å². The second kappa shape index (κ2) is 8.08. The summed E-state index contributed by atoms with van der Waals surface area (Å²) in [5.41, 5.74) is 3.90. The minimum atomic E-state index is -0.251. The number of rotatable bonds is 5. The predicted molar refractivity (Wildman–Crippen MR) is 125 cm³/mol. The van der Waals surface area contributed by atoms with Crippen molar-refractivity contribution in [3.05, 3.63) is 95.4 Å². The summed E-state index contributed by atoms with van der Waals surface area (Å²) < 4.78 is 0. The molecule has 7 heteroatoms. The molecular weight excluding hydrogens is 410 g/mol. The summed E-state index contributed by atoms with van der Waals surface area (Å²) in [7, 11) is 0. The van der Waals surface area contributed by atoms with Crippen LogP contribution in [0.5, 0.6) is 0 Å². The van der Waals surface area contributed by atoms with Gasteiger partial charge in [-0.3, -0.25) is 9.78 Å². The molecule has 1 amide bonds. The highest BCUT2D eigenvalue weighted by Crippen LogP contribution is 2.34. The Morgan fingerprint density at radius 1 is 1.00 bits per heavy atom. The number of hydrogen-bond acceptors (Lipinski definition) is 4. The number of carbonyl (C=O) groups is 1. The number of hydrogen-bond donors (Lipinski definition) is 3. The van der Waals surface area contributed by atoms with Crippen molar-refractivity contribution in [2.75, 3.05) is 10.6 Å². The Hall–Kier alpha value is -3.90. The van der Waals surface area contributed by atoms with Crippen molar-refractivity contribution < 1.29 is 4.79 Å². The van der Waals surface area contributed by atoms with Crippen molar-refractivity contribution in [2.24, 2.45) is 0 Å². The van der Waals surface area contributed by atoms with Crippen molar-refractivity contribution in [3.8, 4) is 0 Å². The van der Waals surface area contributed by atoms with Gasteiger partial charge in [-0.25, -0.2) is 4.98 Å². The first-order chi connectivity index (χ1) is 15.2. The maximum Gasteiger partial charge on any atom is 0.257 e. The van der Waals surface area contributed by atoms with Gasteiger partial charge in [0.25, 0.3) is 5.91 Å². The molecule has 3 N–H and O–H groups in total. The van der Waals surface area contributed by atoms with E-state index in [0.717, 1.165) is 27.6 Å². The zero-order valence-electron chi connectivity index (χ0n) is 16.4. The van der Waals surface area contributed by atoms with E-state index >= 15 is 0 Å². The Balaban J connectivity index is 1.49. The van der Waals surface area contributed by atoms with Gasteiger partial charge in [0.1, 0.15) is 5.82 Å². The Kier molecular flexibility index (Phi) is 4.98. The highest BCUT2D eigenvalue weighted by molar-refractivity contribution is 6.33. The molecule has 0 unspecified atom stereocenters. The number of nitrogens with one attached hydrogen (secondary N) is 3. The van der Waals surface area contributed by atoms with Gasteiger partial charge in [0.2, 0.25) is 0 Å². The first-order valence-electron chi connectivity index (χ1n) is 9.77. The SMILES string of the molecule is O=C(Nc1cc(Cl)cc2c1[nH]c1cnc(NCc3ccccc3)cc12)c1cccnc1. The molecule has 0 aliphatic carbocycles. The molecule has 5 rings (SSSR count). The van der Waals surface area contributed by atoms with Gasteiger partial charge in [-0.1, -0.05) is 41.9 Å². The van der Waals surface area contributed by atoms with Gasteiger partial charge in [-0.05, 0) is 35.9 Å². The largest absolute Gasteiger partial charge is 0.366 e. The average Bonchev–Trinajstić information content (AvgIpc) is 3.17. The lowest BCUT2D eigenvalue weighted by molar-refractivity contribution is 0.102. The van der Waals surface area contributed by atoms with Crippen LogP contribution in [0.4, 0.5) is 11.5 Å². The van der Waals surface area contributed by atoms with Crippen molar-refractivity contribution in [3.63, 3.8) is 0 Å². The minimum Gasteiger partial charge on any atom is -0.366 e. The molecule has 0 saturated heterocycles. The van der Waals surface area contributed by atoms with E-state index < -0.39 is 0 Å². The monoisotopic (exact) mass is 427 g/mol. The highest BCUT2D eigenvalue weighted by atomic mass is 35.5. The average molecular weight is 428 g/mol. The number of H-pyrrole nitrogens is 1. The number of pyridine rings is 2. The van der Waals surface area contributed by atoms with E-state index in [4.69, 9.17) is 11.6 Å². The van der Waals surface area contributed by atoms with E-state index in [1.807, 2.05) is 30.3 Å². The van der Waals surface area contributed by atoms with Gasteiger partial charge in [0.05, 0.1) is 28.5 Å². The molecule has 3 aromatic heterocycles. The Morgan fingerprint density at radius 2 is 1.87 bits per heavy atom. The first kappa shape index (κ1) is 19.1. The van der Waals surface area contributed by atoms with E-state index in [2.05, 4.69) is 37.7 Å². The second-order valence-electron chi connectivity index (χ2n) is 7.15. The lowest BCUT2D eigenvalue weighted by Gasteiger charge is -2.07. The van der Waals surface area contributed by atoms with Crippen LogP contribution in [0.3, 0.4) is 0 Å². The van der Waals surface area contributed by atoms with Crippen LogP contribution >= 0.6 is 11.6 Å². The third kappa shape index (κ3) is 3.93. The van der Waals surface area contributed by atoms with Crippen molar-refractivity contribution in [2.45, 2.75) is 6.54 Å². The summed E-state index contributed by atoms with van der Waals surface area (Å²) in [6.07, 6.45) is 4.93. The molecule has 152 valence electrons. The molecule has 0 atom stereocenters. The number of amides is 1. The van der Waals surface area contributed by atoms with E-state index in [9.17, 15) is 4.79 Å². The molecule has 0 aliphatic rings. The summed E-state index contributed by atoms with van der Waals surface area (Å²) in [6.45, 7) is 0.675. The maximum atomic E-state index is 12.6. The first-order valence-corrected chi connectivity index (χ1v) is 10.2. The van der Waals surface area contributed by atoms with Crippen molar-refractivity contribution >= 4 is 50.8 Å². The fraction of sp³-hybridized carbons (Fsp3) is 0.0417. The maximum absolute atomic E-state index is 12.6. The standard InChI is InChI=1S/C24H18ClN5O/c25-17-9-19-18-11-22(27-12-15-5-2-1-3-6-15)28-14-21(18)29-23(19)20(10-17)30-24(31)16-7-4-8-26-13-16/h1-11,13-14,29H,12H2,(H,27,28)(H,30,31). The molecule has 0 spiro atoms. The number of anilines is 2. The zero-order valence-corrected chi connectivity index (χ0v) is 17.1. The molecule has 0 fully saturated rings. The number of nitrogens with zero attached hydrogens (tertiary/aromatic N) is 2. The van der Waals surface area contributed by atoms with Gasteiger partial charge in [-0.15, -0.1) is 0 Å². The third-order valence-corrected chi connectivity index (χ3v) is 5.26. The number of benzene rings is 2. The van der Waals surface area contributed by atoms with Crippen molar-refractivity contribution in [1.82, 2.24) is 15.0 Å². The number of fused-ring (bicyclic) bond motifs is 3. The molecule has 0 radical (unpaired) electrons. The quantitative estimate of drug-likeness (QED) is 0.339. The summed E-state index contributed by atoms with van der Waals surface area (Å²) in [5, 5.41) is 8.71. The molecular formula is C24H18ClN5O. The minimum absolute atomic E-state index is 0.251. The van der Waals surface area contributed by atoms with Crippen LogP contribution in [0.2, 0.25) is 5.02 Å². The van der Waals surface area contributed by atoms with Gasteiger partial charge < -0.3 is 15.6 Å². The Labute approximate surface area is 183 Å². The Bertz CT molecular complexity index is 1380. The smallest absolute Gasteiger partial charge is 0.257 e. The molecule has 31 heavy (non-hydrogen) atoms. The van der Waals surface area contributed by atoms with Crippen molar-refractivity contribution in [1.29, 1.82) is 0 Å². The lowest BCUT2D eigenvalue weighted by atomic mass is 10.1. The van der Waals surface area contributed by atoms with Gasteiger partial charge in [-0.2, -0.15) is 0 Å². The molecule has 3 heterocycles. The summed E-state index contributed by atoms with van der Waals surface area (Å²) >= 11 is 6.38. The molecule has 6 nitrogen and oxygen atoms in total. The second-order valence-corrected chi connectivity index (χ2v) is 7.59. The molecule has 0 aliphatic heterocycles. The van der Waals surface area contributed by atoms with E-state index in [-0.39, 0.29) is 5.91 Å². The van der Waals surface area contributed by atoms with Gasteiger partial charge in [0, 0.05) is 34.7 Å². The summed E-state index contributed by atoms with van der Waals surface area (Å²) in [6, 6.07) is 19.2. The molecule has 0 bridgehead atoms. The molecule has 2 aromatic carbocycles. The number of aromatic nitrogens is 3. The van der Waals surface area contributed by atoms with Crippen LogP contribution in [0.25, 0.3) is 21.8 Å². The van der Waals surface area contributed by atoms with Gasteiger partial charge >= 0.3 is 0 Å². The normalized spacial score (nSPS) is 11.0. The number of aromatic amines is 1. The zero-order chi connectivity index (χ0) is 21.2. The topological polar surface area (TPSA) is 82.7 Å². The van der Waals surface area contributed by atoms with Crippen LogP contribution in [0.15, 0.2) is 79.3 Å². The Morgan fingerprint density at radius 3 is 2.68 bits per heavy atom. The van der Waals surface area contributed by atoms with Crippen LogP contribution < -0.4 is 10.6 Å². The number of carbonyl (C=O) groups excluding carboxylic acids is 1. The predicted octanol–water partition coefficient (Wildman–Crippen LogP) is 5.63. The third-order valence-electron chi connectivity index (χ3n) is 5.05. The summed E-state index contributed by atoms with van der Waals surface area (Å²) in [5.74, 6) is 0.511. The molecule has 0 saturated carbocycles. The summed E-state index contributed by atoms with van der Waals surface area (Å²) in [4.78, 5) is 24.5. The van der Waals surface area contributed by atoms with E-state index in [1.165, 1.54) is 11.8 Å². The fourth-order valence-electron chi connectivity index (χ4n) is 3.54. The van der Waals surface area contributed by atoms with E-state index in [1.54, 1.807) is 30.6 Å². The van der Waals surface area contributed by atoms with E-state index in [0.29, 0.717) is 22.8 Å². The van der Waals surface area contributed by atoms with Crippen LogP contribution in [-0.4, -0.2) is 20.9 Å². The number of halogens is 1. The van der Waals surface area contributed by atoms with Crippen LogP contribution in [-0.2, 0) is 6.54 Å². The fourth-order valence-corrected chi connectivity index (χ4v) is 3.76. The lowest BCUT2D eigenvalue weighted by Crippen LogP contribution is -2.12. The highest BCUT2D eigenvalue weighted by Gasteiger charge is 2.14.